The molecule has 0 fully saturated rings. The largest absolute Gasteiger partial charge is 0.399 e. The Morgan fingerprint density at radius 2 is 1.12 bits per heavy atom. The van der Waals surface area contributed by atoms with Crippen molar-refractivity contribution in [3.8, 4) is 27.9 Å². The lowest BCUT2D eigenvalue weighted by Crippen LogP contribution is -1.93. The molecule has 4 N–H and O–H groups in total. The molecule has 1 heterocycles. The zero-order valence-electron chi connectivity index (χ0n) is 18.1. The number of rotatable bonds is 3. The number of benzene rings is 5. The monoisotopic (exact) mass is 425 g/mol. The van der Waals surface area contributed by atoms with E-state index in [1.54, 1.807) is 0 Å². The van der Waals surface area contributed by atoms with Crippen LogP contribution in [0, 0.1) is 0 Å². The second-order valence-electron chi connectivity index (χ2n) is 8.35. The number of nitrogen functional groups attached to an aromatic ring is 2. The summed E-state index contributed by atoms with van der Waals surface area (Å²) in [7, 11) is 0. The van der Waals surface area contributed by atoms with Crippen LogP contribution < -0.4 is 11.5 Å². The lowest BCUT2D eigenvalue weighted by atomic mass is 9.93. The molecule has 5 aromatic carbocycles. The van der Waals surface area contributed by atoms with E-state index in [1.165, 1.54) is 21.8 Å². The van der Waals surface area contributed by atoms with E-state index in [2.05, 4.69) is 95.6 Å². The fraction of sp³-hybridized carbons (Fsp3) is 0. The first-order valence-corrected chi connectivity index (χ1v) is 11.0. The van der Waals surface area contributed by atoms with Gasteiger partial charge >= 0.3 is 0 Å². The lowest BCUT2D eigenvalue weighted by Gasteiger charge is -2.13. The van der Waals surface area contributed by atoms with Gasteiger partial charge in [0.2, 0.25) is 0 Å². The highest BCUT2D eigenvalue weighted by molar-refractivity contribution is 6.10. The predicted octanol–water partition coefficient (Wildman–Crippen LogP) is 7.28. The SMILES string of the molecule is Nc1ccc(-c2ccc(N)cc2-c2ccc3c(c2)c2ccccc2n3-c2ccccc2)cc1. The van der Waals surface area contributed by atoms with Gasteiger partial charge in [0.1, 0.15) is 0 Å². The Bertz CT molecular complexity index is 1610. The highest BCUT2D eigenvalue weighted by Gasteiger charge is 2.14. The molecule has 3 nitrogen and oxygen atoms in total. The smallest absolute Gasteiger partial charge is 0.0541 e. The number of aromatic nitrogens is 1. The summed E-state index contributed by atoms with van der Waals surface area (Å²) in [6, 6.07) is 39.9. The second kappa shape index (κ2) is 7.57. The van der Waals surface area contributed by atoms with Crippen molar-refractivity contribution in [2.45, 2.75) is 0 Å². The zero-order chi connectivity index (χ0) is 22.4. The Morgan fingerprint density at radius 3 is 1.94 bits per heavy atom. The molecule has 1 aromatic heterocycles. The van der Waals surface area contributed by atoms with Crippen molar-refractivity contribution in [1.82, 2.24) is 4.57 Å². The van der Waals surface area contributed by atoms with E-state index in [-0.39, 0.29) is 0 Å². The summed E-state index contributed by atoms with van der Waals surface area (Å²) in [4.78, 5) is 0. The molecule has 0 saturated carbocycles. The second-order valence-corrected chi connectivity index (χ2v) is 8.35. The molecule has 0 spiro atoms. The quantitative estimate of drug-likeness (QED) is 0.293. The minimum Gasteiger partial charge on any atom is -0.399 e. The van der Waals surface area contributed by atoms with Crippen LogP contribution in [0.15, 0.2) is 115 Å². The molecule has 158 valence electrons. The molecule has 0 atom stereocenters. The molecule has 6 rings (SSSR count). The van der Waals surface area contributed by atoms with E-state index >= 15 is 0 Å². The van der Waals surface area contributed by atoms with Gasteiger partial charge in [-0.25, -0.2) is 0 Å². The van der Waals surface area contributed by atoms with Crippen LogP contribution in [0.2, 0.25) is 0 Å². The highest BCUT2D eigenvalue weighted by atomic mass is 15.0. The Hall–Kier alpha value is -4.50. The van der Waals surface area contributed by atoms with E-state index in [9.17, 15) is 0 Å². The first-order valence-electron chi connectivity index (χ1n) is 11.0. The molecule has 33 heavy (non-hydrogen) atoms. The molecule has 3 heteroatoms. The van der Waals surface area contributed by atoms with E-state index in [0.717, 1.165) is 39.3 Å². The highest BCUT2D eigenvalue weighted by Crippen LogP contribution is 2.38. The zero-order valence-corrected chi connectivity index (χ0v) is 18.1. The Balaban J connectivity index is 1.62. The van der Waals surface area contributed by atoms with E-state index < -0.39 is 0 Å². The Kier molecular flexibility index (Phi) is 4.41. The van der Waals surface area contributed by atoms with Crippen molar-refractivity contribution in [1.29, 1.82) is 0 Å². The van der Waals surface area contributed by atoms with Crippen LogP contribution in [-0.2, 0) is 0 Å². The molecule has 0 bridgehead atoms. The van der Waals surface area contributed by atoms with Crippen LogP contribution in [-0.4, -0.2) is 4.57 Å². The fourth-order valence-electron chi connectivity index (χ4n) is 4.71. The summed E-state index contributed by atoms with van der Waals surface area (Å²) in [5.41, 5.74) is 21.7. The summed E-state index contributed by atoms with van der Waals surface area (Å²) >= 11 is 0. The van der Waals surface area contributed by atoms with Gasteiger partial charge in [-0.1, -0.05) is 60.7 Å². The molecule has 0 radical (unpaired) electrons. The maximum absolute atomic E-state index is 6.23. The Morgan fingerprint density at radius 1 is 0.455 bits per heavy atom. The third-order valence-electron chi connectivity index (χ3n) is 6.26. The maximum atomic E-state index is 6.23. The van der Waals surface area contributed by atoms with E-state index in [0.29, 0.717) is 0 Å². The van der Waals surface area contributed by atoms with Crippen molar-refractivity contribution < 1.29 is 0 Å². The number of nitrogens with two attached hydrogens (primary N) is 2. The summed E-state index contributed by atoms with van der Waals surface area (Å²) < 4.78 is 2.33. The van der Waals surface area contributed by atoms with Crippen LogP contribution in [0.25, 0.3) is 49.7 Å². The van der Waals surface area contributed by atoms with Crippen LogP contribution in [0.3, 0.4) is 0 Å². The number of nitrogens with zero attached hydrogens (tertiary/aromatic N) is 1. The van der Waals surface area contributed by atoms with Gasteiger partial charge in [0.15, 0.2) is 0 Å². The molecular weight excluding hydrogens is 402 g/mol. The maximum Gasteiger partial charge on any atom is 0.0541 e. The molecule has 0 unspecified atom stereocenters. The minimum atomic E-state index is 0.746. The van der Waals surface area contributed by atoms with Crippen LogP contribution in [0.4, 0.5) is 11.4 Å². The molecule has 0 aliphatic carbocycles. The summed E-state index contributed by atoms with van der Waals surface area (Å²) in [6.07, 6.45) is 0. The van der Waals surface area contributed by atoms with Crippen LogP contribution >= 0.6 is 0 Å². The van der Waals surface area contributed by atoms with Crippen molar-refractivity contribution in [3.63, 3.8) is 0 Å². The molecule has 0 saturated heterocycles. The molecule has 0 amide bonds. The minimum absolute atomic E-state index is 0.746. The number of para-hydroxylation sites is 2. The van der Waals surface area contributed by atoms with Crippen molar-refractivity contribution in [2.24, 2.45) is 0 Å². The molecule has 0 aliphatic rings. The molecule has 6 aromatic rings. The standard InChI is InChI=1S/C30H23N3/c31-22-13-10-20(11-14-22)25-16-15-23(32)19-27(25)21-12-17-30-28(18-21)26-8-4-5-9-29(26)33(30)24-6-2-1-3-7-24/h1-19H,31-32H2. The molecule has 0 aliphatic heterocycles. The number of anilines is 2. The van der Waals surface area contributed by atoms with Gasteiger partial charge in [0.05, 0.1) is 11.0 Å². The van der Waals surface area contributed by atoms with Gasteiger partial charge in [0, 0.05) is 27.8 Å². The summed E-state index contributed by atoms with van der Waals surface area (Å²) in [5, 5.41) is 2.45. The first kappa shape index (κ1) is 19.2. The van der Waals surface area contributed by atoms with Crippen molar-refractivity contribution in [2.75, 3.05) is 11.5 Å². The number of fused-ring (bicyclic) bond motifs is 3. The third kappa shape index (κ3) is 3.22. The average Bonchev–Trinajstić information content (AvgIpc) is 3.19. The number of hydrogen-bond donors (Lipinski definition) is 2. The van der Waals surface area contributed by atoms with Gasteiger partial charge < -0.3 is 16.0 Å². The van der Waals surface area contributed by atoms with Crippen LogP contribution in [0.1, 0.15) is 0 Å². The number of hydrogen-bond acceptors (Lipinski definition) is 2. The van der Waals surface area contributed by atoms with E-state index in [1.807, 2.05) is 24.3 Å². The van der Waals surface area contributed by atoms with Gasteiger partial charge in [-0.3, -0.25) is 0 Å². The first-order chi connectivity index (χ1) is 16.2. The van der Waals surface area contributed by atoms with E-state index in [4.69, 9.17) is 11.5 Å². The van der Waals surface area contributed by atoms with Gasteiger partial charge in [-0.15, -0.1) is 0 Å². The topological polar surface area (TPSA) is 57.0 Å². The fourth-order valence-corrected chi connectivity index (χ4v) is 4.71. The average molecular weight is 426 g/mol. The van der Waals surface area contributed by atoms with Crippen molar-refractivity contribution in [3.05, 3.63) is 115 Å². The Labute approximate surface area is 192 Å². The third-order valence-corrected chi connectivity index (χ3v) is 6.26. The normalized spacial score (nSPS) is 11.3. The van der Waals surface area contributed by atoms with Crippen LogP contribution in [0.5, 0.6) is 0 Å². The molecular formula is C30H23N3. The summed E-state index contributed by atoms with van der Waals surface area (Å²) in [6.45, 7) is 0. The lowest BCUT2D eigenvalue weighted by molar-refractivity contribution is 1.18. The summed E-state index contributed by atoms with van der Waals surface area (Å²) in [5.74, 6) is 0. The van der Waals surface area contributed by atoms with Gasteiger partial charge in [-0.2, -0.15) is 0 Å². The van der Waals surface area contributed by atoms with Crippen molar-refractivity contribution >= 4 is 33.2 Å². The van der Waals surface area contributed by atoms with Gasteiger partial charge in [0.25, 0.3) is 0 Å². The van der Waals surface area contributed by atoms with Gasteiger partial charge in [-0.05, 0) is 76.9 Å². The predicted molar refractivity (Wildman–Crippen MR) is 140 cm³/mol.